The van der Waals surface area contributed by atoms with Gasteiger partial charge in [0.15, 0.2) is 0 Å². The van der Waals surface area contributed by atoms with Crippen LogP contribution in [0.1, 0.15) is 51.9 Å². The highest BCUT2D eigenvalue weighted by molar-refractivity contribution is 4.86. The molecule has 1 saturated carbocycles. The Morgan fingerprint density at radius 2 is 1.80 bits per heavy atom. The standard InChI is InChI=1S/C13H25NO/c1-10(12-7-4-5-9-14-12)11-6-2-3-8-13(11)15/h10-15H,2-9H2,1H3/t10-,11+,12+,13-/m0/s1. The summed E-state index contributed by atoms with van der Waals surface area (Å²) in [5, 5.41) is 13.7. The third-order valence-corrected chi connectivity index (χ3v) is 4.44. The zero-order chi connectivity index (χ0) is 10.7. The Hall–Kier alpha value is -0.0800. The molecule has 4 atom stereocenters. The van der Waals surface area contributed by atoms with E-state index in [1.165, 1.54) is 45.1 Å². The van der Waals surface area contributed by atoms with Crippen LogP contribution in [0.25, 0.3) is 0 Å². The lowest BCUT2D eigenvalue weighted by Crippen LogP contribution is -2.45. The molecule has 2 heteroatoms. The number of hydrogen-bond acceptors (Lipinski definition) is 2. The summed E-state index contributed by atoms with van der Waals surface area (Å²) in [5.41, 5.74) is 0. The number of hydrogen-bond donors (Lipinski definition) is 2. The van der Waals surface area contributed by atoms with E-state index in [1.54, 1.807) is 0 Å². The lowest BCUT2D eigenvalue weighted by Gasteiger charge is -2.38. The number of aliphatic hydroxyl groups excluding tert-OH is 1. The molecule has 88 valence electrons. The first-order valence-corrected chi connectivity index (χ1v) is 6.70. The van der Waals surface area contributed by atoms with Gasteiger partial charge in [0, 0.05) is 6.04 Å². The number of aliphatic hydroxyl groups is 1. The van der Waals surface area contributed by atoms with Gasteiger partial charge in [-0.15, -0.1) is 0 Å². The summed E-state index contributed by atoms with van der Waals surface area (Å²) in [4.78, 5) is 0. The van der Waals surface area contributed by atoms with E-state index in [0.717, 1.165) is 6.42 Å². The van der Waals surface area contributed by atoms with Crippen LogP contribution < -0.4 is 5.32 Å². The van der Waals surface area contributed by atoms with Gasteiger partial charge in [-0.25, -0.2) is 0 Å². The van der Waals surface area contributed by atoms with Crippen molar-refractivity contribution in [3.05, 3.63) is 0 Å². The van der Waals surface area contributed by atoms with Gasteiger partial charge in [0.2, 0.25) is 0 Å². The van der Waals surface area contributed by atoms with E-state index in [4.69, 9.17) is 0 Å². The van der Waals surface area contributed by atoms with Crippen LogP contribution in [-0.4, -0.2) is 23.8 Å². The average Bonchev–Trinajstić information content (AvgIpc) is 2.30. The summed E-state index contributed by atoms with van der Waals surface area (Å²) >= 11 is 0. The first-order valence-electron chi connectivity index (χ1n) is 6.70. The quantitative estimate of drug-likeness (QED) is 0.734. The molecule has 0 spiro atoms. The second-order valence-corrected chi connectivity index (χ2v) is 5.43. The van der Waals surface area contributed by atoms with E-state index >= 15 is 0 Å². The minimum atomic E-state index is -0.0301. The smallest absolute Gasteiger partial charge is 0.0571 e. The fraction of sp³-hybridized carbons (Fsp3) is 1.00. The highest BCUT2D eigenvalue weighted by Crippen LogP contribution is 2.33. The highest BCUT2D eigenvalue weighted by atomic mass is 16.3. The van der Waals surface area contributed by atoms with Gasteiger partial charge in [0.1, 0.15) is 0 Å². The van der Waals surface area contributed by atoms with E-state index in [-0.39, 0.29) is 6.10 Å². The molecular weight excluding hydrogens is 186 g/mol. The SMILES string of the molecule is C[C@@H]([C@H]1CCCC[C@@H]1O)[C@H]1CCCCN1. The van der Waals surface area contributed by atoms with E-state index in [0.29, 0.717) is 17.9 Å². The minimum absolute atomic E-state index is 0.0301. The predicted octanol–water partition coefficient (Wildman–Crippen LogP) is 2.32. The molecule has 0 aromatic rings. The van der Waals surface area contributed by atoms with Crippen molar-refractivity contribution in [3.8, 4) is 0 Å². The van der Waals surface area contributed by atoms with Crippen LogP contribution >= 0.6 is 0 Å². The highest BCUT2D eigenvalue weighted by Gasteiger charge is 2.32. The Balaban J connectivity index is 1.89. The number of rotatable bonds is 2. The fourth-order valence-corrected chi connectivity index (χ4v) is 3.38. The second kappa shape index (κ2) is 5.31. The van der Waals surface area contributed by atoms with Crippen LogP contribution in [0.15, 0.2) is 0 Å². The number of piperidine rings is 1. The molecule has 2 rings (SSSR count). The van der Waals surface area contributed by atoms with Crippen molar-refractivity contribution in [2.75, 3.05) is 6.54 Å². The molecule has 1 aliphatic carbocycles. The Bertz CT molecular complexity index is 189. The maximum absolute atomic E-state index is 10.0. The van der Waals surface area contributed by atoms with Gasteiger partial charge >= 0.3 is 0 Å². The largest absolute Gasteiger partial charge is 0.393 e. The van der Waals surface area contributed by atoms with Crippen molar-refractivity contribution < 1.29 is 5.11 Å². The average molecular weight is 211 g/mol. The van der Waals surface area contributed by atoms with E-state index in [9.17, 15) is 5.11 Å². The summed E-state index contributed by atoms with van der Waals surface area (Å²) in [7, 11) is 0. The van der Waals surface area contributed by atoms with Gasteiger partial charge in [0.05, 0.1) is 6.10 Å². The second-order valence-electron chi connectivity index (χ2n) is 5.43. The molecule has 2 fully saturated rings. The molecule has 1 heterocycles. The zero-order valence-electron chi connectivity index (χ0n) is 9.91. The molecule has 2 nitrogen and oxygen atoms in total. The maximum Gasteiger partial charge on any atom is 0.0571 e. The van der Waals surface area contributed by atoms with Gasteiger partial charge in [-0.2, -0.15) is 0 Å². The van der Waals surface area contributed by atoms with E-state index < -0.39 is 0 Å². The van der Waals surface area contributed by atoms with Gasteiger partial charge in [0.25, 0.3) is 0 Å². The molecule has 15 heavy (non-hydrogen) atoms. The Morgan fingerprint density at radius 3 is 2.47 bits per heavy atom. The first kappa shape index (κ1) is 11.4. The topological polar surface area (TPSA) is 32.3 Å². The Labute approximate surface area is 93.5 Å². The third kappa shape index (κ3) is 2.73. The molecule has 2 N–H and O–H groups in total. The van der Waals surface area contributed by atoms with Crippen molar-refractivity contribution in [3.63, 3.8) is 0 Å². The van der Waals surface area contributed by atoms with Gasteiger partial charge < -0.3 is 10.4 Å². The van der Waals surface area contributed by atoms with Crippen LogP contribution in [0.3, 0.4) is 0 Å². The molecule has 0 amide bonds. The molecule has 1 saturated heterocycles. The van der Waals surface area contributed by atoms with E-state index in [1.807, 2.05) is 0 Å². The molecule has 0 radical (unpaired) electrons. The Morgan fingerprint density at radius 1 is 1.07 bits per heavy atom. The molecule has 0 bridgehead atoms. The molecule has 0 unspecified atom stereocenters. The summed E-state index contributed by atoms with van der Waals surface area (Å²) in [5.74, 6) is 1.20. The van der Waals surface area contributed by atoms with Gasteiger partial charge in [-0.1, -0.05) is 26.2 Å². The zero-order valence-corrected chi connectivity index (χ0v) is 9.91. The molecule has 0 aromatic carbocycles. The van der Waals surface area contributed by atoms with Crippen molar-refractivity contribution in [2.24, 2.45) is 11.8 Å². The van der Waals surface area contributed by atoms with Crippen molar-refractivity contribution in [2.45, 2.75) is 64.0 Å². The Kier molecular flexibility index (Phi) is 4.04. The van der Waals surface area contributed by atoms with Crippen LogP contribution in [0, 0.1) is 11.8 Å². The van der Waals surface area contributed by atoms with Crippen LogP contribution in [0.4, 0.5) is 0 Å². The van der Waals surface area contributed by atoms with Crippen molar-refractivity contribution in [1.82, 2.24) is 5.32 Å². The van der Waals surface area contributed by atoms with E-state index in [2.05, 4.69) is 12.2 Å². The van der Waals surface area contributed by atoms with Crippen molar-refractivity contribution >= 4 is 0 Å². The predicted molar refractivity (Wildman–Crippen MR) is 62.8 cm³/mol. The van der Waals surface area contributed by atoms with Gasteiger partial charge in [-0.3, -0.25) is 0 Å². The monoisotopic (exact) mass is 211 g/mol. The van der Waals surface area contributed by atoms with Crippen molar-refractivity contribution in [1.29, 1.82) is 0 Å². The summed E-state index contributed by atoms with van der Waals surface area (Å²) in [6.07, 6.45) is 8.78. The summed E-state index contributed by atoms with van der Waals surface area (Å²) in [6, 6.07) is 0.663. The lowest BCUT2D eigenvalue weighted by molar-refractivity contribution is 0.0274. The third-order valence-electron chi connectivity index (χ3n) is 4.44. The first-order chi connectivity index (χ1) is 7.29. The summed E-state index contributed by atoms with van der Waals surface area (Å²) < 4.78 is 0. The summed E-state index contributed by atoms with van der Waals surface area (Å²) in [6.45, 7) is 3.51. The molecule has 0 aromatic heterocycles. The lowest BCUT2D eigenvalue weighted by atomic mass is 9.74. The minimum Gasteiger partial charge on any atom is -0.393 e. The fourth-order valence-electron chi connectivity index (χ4n) is 3.38. The number of nitrogens with one attached hydrogen (secondary N) is 1. The maximum atomic E-state index is 10.0. The normalized spacial score (nSPS) is 40.0. The molecule has 1 aliphatic heterocycles. The molecular formula is C13H25NO. The van der Waals surface area contributed by atoms with Crippen LogP contribution in [0.5, 0.6) is 0 Å². The van der Waals surface area contributed by atoms with Crippen LogP contribution in [0.2, 0.25) is 0 Å². The van der Waals surface area contributed by atoms with Gasteiger partial charge in [-0.05, 0) is 44.1 Å². The molecule has 2 aliphatic rings. The van der Waals surface area contributed by atoms with Crippen LogP contribution in [-0.2, 0) is 0 Å².